The van der Waals surface area contributed by atoms with Gasteiger partial charge in [-0.1, -0.05) is 24.3 Å². The van der Waals surface area contributed by atoms with E-state index in [2.05, 4.69) is 39.7 Å². The van der Waals surface area contributed by atoms with Crippen LogP contribution in [0.15, 0.2) is 67.1 Å². The van der Waals surface area contributed by atoms with Crippen LogP contribution in [0.2, 0.25) is 0 Å². The van der Waals surface area contributed by atoms with Crippen LogP contribution in [0.5, 0.6) is 0 Å². The van der Waals surface area contributed by atoms with Crippen LogP contribution in [0.3, 0.4) is 0 Å². The summed E-state index contributed by atoms with van der Waals surface area (Å²) in [6.45, 7) is 0. The van der Waals surface area contributed by atoms with Gasteiger partial charge in [0.15, 0.2) is 0 Å². The first-order chi connectivity index (χ1) is 10.4. The molecule has 3 aromatic rings. The summed E-state index contributed by atoms with van der Waals surface area (Å²) in [6.07, 6.45) is 6.43. The van der Waals surface area contributed by atoms with Crippen LogP contribution in [-0.4, -0.2) is 21.8 Å². The number of para-hydroxylation sites is 1. The van der Waals surface area contributed by atoms with Crippen molar-refractivity contribution in [1.29, 1.82) is 0 Å². The fourth-order valence-electron chi connectivity index (χ4n) is 2.47. The average molecular weight is 278 g/mol. The van der Waals surface area contributed by atoms with Crippen molar-refractivity contribution in [3.63, 3.8) is 0 Å². The Bertz CT molecular complexity index is 676. The van der Waals surface area contributed by atoms with Gasteiger partial charge in [-0.2, -0.15) is 5.10 Å². The Hall–Kier alpha value is -2.46. The molecule has 1 N–H and O–H groups in total. The zero-order chi connectivity index (χ0) is 14.5. The van der Waals surface area contributed by atoms with Crippen molar-refractivity contribution in [3.05, 3.63) is 78.4 Å². The van der Waals surface area contributed by atoms with Crippen molar-refractivity contribution < 1.29 is 0 Å². The van der Waals surface area contributed by atoms with E-state index in [0.29, 0.717) is 0 Å². The summed E-state index contributed by atoms with van der Waals surface area (Å²) in [6, 6.07) is 16.5. The molecule has 2 heterocycles. The molecular formula is C17H18N4. The lowest BCUT2D eigenvalue weighted by Gasteiger charge is -2.18. The van der Waals surface area contributed by atoms with Crippen molar-refractivity contribution in [2.45, 2.75) is 12.5 Å². The normalized spacial score (nSPS) is 12.2. The highest BCUT2D eigenvalue weighted by atomic mass is 15.3. The second-order valence-corrected chi connectivity index (χ2v) is 4.91. The van der Waals surface area contributed by atoms with E-state index in [4.69, 9.17) is 0 Å². The third kappa shape index (κ3) is 3.01. The second kappa shape index (κ2) is 6.33. The van der Waals surface area contributed by atoms with E-state index in [-0.39, 0.29) is 6.04 Å². The predicted molar refractivity (Wildman–Crippen MR) is 83.3 cm³/mol. The van der Waals surface area contributed by atoms with Crippen molar-refractivity contribution in [2.24, 2.45) is 0 Å². The highest BCUT2D eigenvalue weighted by Gasteiger charge is 2.16. The van der Waals surface area contributed by atoms with Gasteiger partial charge in [-0.15, -0.1) is 0 Å². The topological polar surface area (TPSA) is 42.7 Å². The number of nitrogens with zero attached hydrogens (tertiary/aromatic N) is 3. The molecule has 0 fully saturated rings. The minimum absolute atomic E-state index is 0.192. The summed E-state index contributed by atoms with van der Waals surface area (Å²) in [7, 11) is 1.98. The standard InChI is InChI=1S/C17H18N4/c1-18-16(12-14-6-5-10-19-13-14)17-9-11-20-21(17)15-7-3-2-4-8-15/h2-11,13,16,18H,12H2,1H3. The van der Waals surface area contributed by atoms with Crippen LogP contribution in [0.4, 0.5) is 0 Å². The summed E-state index contributed by atoms with van der Waals surface area (Å²) in [5.74, 6) is 0. The minimum Gasteiger partial charge on any atom is -0.311 e. The van der Waals surface area contributed by atoms with E-state index in [1.165, 1.54) is 5.56 Å². The number of benzene rings is 1. The number of aromatic nitrogens is 3. The summed E-state index contributed by atoms with van der Waals surface area (Å²) >= 11 is 0. The number of pyridine rings is 1. The molecule has 0 radical (unpaired) electrons. The molecule has 0 bridgehead atoms. The van der Waals surface area contributed by atoms with Crippen LogP contribution in [-0.2, 0) is 6.42 Å². The van der Waals surface area contributed by atoms with Gasteiger partial charge in [0.1, 0.15) is 0 Å². The molecule has 4 heteroatoms. The van der Waals surface area contributed by atoms with Crippen molar-refractivity contribution in [2.75, 3.05) is 7.05 Å². The van der Waals surface area contributed by atoms with Gasteiger partial charge in [0.25, 0.3) is 0 Å². The van der Waals surface area contributed by atoms with Gasteiger partial charge < -0.3 is 5.32 Å². The molecule has 0 saturated heterocycles. The maximum atomic E-state index is 4.46. The van der Waals surface area contributed by atoms with Crippen molar-refractivity contribution in [1.82, 2.24) is 20.1 Å². The molecule has 0 aliphatic rings. The number of likely N-dealkylation sites (N-methyl/N-ethyl adjacent to an activating group) is 1. The SMILES string of the molecule is CNC(Cc1cccnc1)c1ccnn1-c1ccccc1. The molecule has 106 valence electrons. The quantitative estimate of drug-likeness (QED) is 0.780. The third-order valence-corrected chi connectivity index (χ3v) is 3.54. The molecule has 1 unspecified atom stereocenters. The first-order valence-electron chi connectivity index (χ1n) is 7.04. The van der Waals surface area contributed by atoms with Gasteiger partial charge >= 0.3 is 0 Å². The predicted octanol–water partition coefficient (Wildman–Crippen LogP) is 2.77. The Morgan fingerprint density at radius 1 is 1.05 bits per heavy atom. The van der Waals surface area contributed by atoms with Crippen LogP contribution in [0.1, 0.15) is 17.3 Å². The first kappa shape index (κ1) is 13.5. The Morgan fingerprint density at radius 3 is 2.62 bits per heavy atom. The lowest BCUT2D eigenvalue weighted by molar-refractivity contribution is 0.555. The molecule has 3 rings (SSSR count). The van der Waals surface area contributed by atoms with E-state index in [1.807, 2.05) is 48.4 Å². The zero-order valence-corrected chi connectivity index (χ0v) is 12.0. The van der Waals surface area contributed by atoms with Crippen molar-refractivity contribution in [3.8, 4) is 5.69 Å². The lowest BCUT2D eigenvalue weighted by atomic mass is 10.0. The van der Waals surface area contributed by atoms with Crippen LogP contribution in [0, 0.1) is 0 Å². The van der Waals surface area contributed by atoms with E-state index < -0.39 is 0 Å². The number of hydrogen-bond donors (Lipinski definition) is 1. The van der Waals surface area contributed by atoms with Gasteiger partial charge in [0.2, 0.25) is 0 Å². The minimum atomic E-state index is 0.192. The van der Waals surface area contributed by atoms with Gasteiger partial charge in [0, 0.05) is 18.6 Å². The summed E-state index contributed by atoms with van der Waals surface area (Å²) in [5.41, 5.74) is 3.43. The first-order valence-corrected chi connectivity index (χ1v) is 7.04. The fourth-order valence-corrected chi connectivity index (χ4v) is 2.47. The molecule has 4 nitrogen and oxygen atoms in total. The van der Waals surface area contributed by atoms with Crippen LogP contribution < -0.4 is 5.32 Å². The van der Waals surface area contributed by atoms with Gasteiger partial charge in [0.05, 0.1) is 17.4 Å². The second-order valence-electron chi connectivity index (χ2n) is 4.91. The molecule has 0 amide bonds. The molecule has 1 aromatic carbocycles. The molecule has 0 saturated carbocycles. The number of nitrogens with one attached hydrogen (secondary N) is 1. The number of hydrogen-bond acceptors (Lipinski definition) is 3. The van der Waals surface area contributed by atoms with E-state index in [0.717, 1.165) is 17.8 Å². The molecule has 0 spiro atoms. The van der Waals surface area contributed by atoms with Gasteiger partial charge in [-0.25, -0.2) is 4.68 Å². The van der Waals surface area contributed by atoms with Gasteiger partial charge in [-0.3, -0.25) is 4.98 Å². The fraction of sp³-hybridized carbons (Fsp3) is 0.176. The summed E-state index contributed by atoms with van der Waals surface area (Å²) < 4.78 is 1.98. The lowest BCUT2D eigenvalue weighted by Crippen LogP contribution is -2.22. The molecule has 0 aliphatic carbocycles. The Morgan fingerprint density at radius 2 is 1.90 bits per heavy atom. The summed E-state index contributed by atoms with van der Waals surface area (Å²) in [5, 5.41) is 7.83. The molecule has 0 aliphatic heterocycles. The molecular weight excluding hydrogens is 260 g/mol. The van der Waals surface area contributed by atoms with E-state index >= 15 is 0 Å². The van der Waals surface area contributed by atoms with Gasteiger partial charge in [-0.05, 0) is 43.3 Å². The number of rotatable bonds is 5. The molecule has 2 aromatic heterocycles. The Balaban J connectivity index is 1.90. The molecule has 1 atom stereocenters. The maximum absolute atomic E-state index is 4.46. The molecule has 21 heavy (non-hydrogen) atoms. The zero-order valence-electron chi connectivity index (χ0n) is 12.0. The van der Waals surface area contributed by atoms with Crippen LogP contribution >= 0.6 is 0 Å². The van der Waals surface area contributed by atoms with Crippen LogP contribution in [0.25, 0.3) is 5.69 Å². The Kier molecular flexibility index (Phi) is 4.07. The average Bonchev–Trinajstić information content (AvgIpc) is 3.04. The Labute approximate surface area is 124 Å². The monoisotopic (exact) mass is 278 g/mol. The maximum Gasteiger partial charge on any atom is 0.0649 e. The highest BCUT2D eigenvalue weighted by molar-refractivity contribution is 5.33. The smallest absolute Gasteiger partial charge is 0.0649 e. The highest BCUT2D eigenvalue weighted by Crippen LogP contribution is 2.20. The van der Waals surface area contributed by atoms with Crippen molar-refractivity contribution >= 4 is 0 Å². The van der Waals surface area contributed by atoms with E-state index in [1.54, 1.807) is 6.20 Å². The van der Waals surface area contributed by atoms with E-state index in [9.17, 15) is 0 Å². The summed E-state index contributed by atoms with van der Waals surface area (Å²) in [4.78, 5) is 4.18. The third-order valence-electron chi connectivity index (χ3n) is 3.54. The largest absolute Gasteiger partial charge is 0.311 e.